The maximum Gasteiger partial charge on any atom is 0.248 e. The van der Waals surface area contributed by atoms with Crippen LogP contribution in [0.2, 0.25) is 10.0 Å². The lowest BCUT2D eigenvalue weighted by Gasteiger charge is -1.98. The van der Waals surface area contributed by atoms with Gasteiger partial charge in [0.25, 0.3) is 0 Å². The Morgan fingerprint density at radius 2 is 1.47 bits per heavy atom. The molecule has 0 N–H and O–H groups in total. The maximum atomic E-state index is 5.96. The number of pyridine rings is 1. The van der Waals surface area contributed by atoms with E-state index >= 15 is 0 Å². The zero-order valence-corrected chi connectivity index (χ0v) is 11.1. The molecule has 0 saturated carbocycles. The van der Waals surface area contributed by atoms with E-state index in [1.165, 1.54) is 0 Å². The van der Waals surface area contributed by atoms with Crippen LogP contribution in [0, 0.1) is 0 Å². The van der Waals surface area contributed by atoms with Crippen LogP contribution < -0.4 is 0 Å². The molecule has 0 unspecified atom stereocenters. The fourth-order valence-corrected chi connectivity index (χ4v) is 1.88. The van der Waals surface area contributed by atoms with E-state index in [9.17, 15) is 0 Å². The van der Waals surface area contributed by atoms with Crippen molar-refractivity contribution < 1.29 is 4.42 Å². The summed E-state index contributed by atoms with van der Waals surface area (Å²) in [7, 11) is 0. The fraction of sp³-hybridized carbons (Fsp3) is 0. The molecule has 2 heterocycles. The minimum absolute atomic E-state index is 0.394. The number of nitrogens with zero attached hydrogens (tertiary/aromatic N) is 3. The Balaban J connectivity index is 1.99. The van der Waals surface area contributed by atoms with Crippen LogP contribution in [0.15, 0.2) is 47.1 Å². The maximum absolute atomic E-state index is 5.96. The highest BCUT2D eigenvalue weighted by Gasteiger charge is 2.11. The Kier molecular flexibility index (Phi) is 3.19. The van der Waals surface area contributed by atoms with Gasteiger partial charge in [0.15, 0.2) is 0 Å². The van der Waals surface area contributed by atoms with Gasteiger partial charge in [-0.05, 0) is 30.3 Å². The van der Waals surface area contributed by atoms with Crippen molar-refractivity contribution in [2.75, 3.05) is 0 Å². The van der Waals surface area contributed by atoms with E-state index in [-0.39, 0.29) is 0 Å². The van der Waals surface area contributed by atoms with E-state index in [1.54, 1.807) is 42.7 Å². The minimum Gasteiger partial charge on any atom is -0.416 e. The molecule has 4 nitrogen and oxygen atoms in total. The van der Waals surface area contributed by atoms with Gasteiger partial charge in [-0.3, -0.25) is 4.98 Å². The van der Waals surface area contributed by atoms with Gasteiger partial charge in [-0.25, -0.2) is 0 Å². The molecule has 94 valence electrons. The Hall–Kier alpha value is -1.91. The topological polar surface area (TPSA) is 51.8 Å². The van der Waals surface area contributed by atoms with Gasteiger partial charge in [-0.15, -0.1) is 10.2 Å². The summed E-state index contributed by atoms with van der Waals surface area (Å²) in [4.78, 5) is 3.94. The SMILES string of the molecule is Clc1ccc(-c2nnc(-c3ccncc3)o2)cc1Cl. The lowest BCUT2D eigenvalue weighted by molar-refractivity contribution is 0.584. The Morgan fingerprint density at radius 3 is 2.16 bits per heavy atom. The fourth-order valence-electron chi connectivity index (χ4n) is 1.58. The van der Waals surface area contributed by atoms with Crippen LogP contribution in [-0.4, -0.2) is 15.2 Å². The monoisotopic (exact) mass is 291 g/mol. The van der Waals surface area contributed by atoms with Gasteiger partial charge in [0.2, 0.25) is 11.8 Å². The second kappa shape index (κ2) is 4.99. The van der Waals surface area contributed by atoms with Crippen molar-refractivity contribution in [3.63, 3.8) is 0 Å². The second-order valence-corrected chi connectivity index (χ2v) is 4.59. The molecule has 0 aliphatic carbocycles. The van der Waals surface area contributed by atoms with Crippen LogP contribution in [-0.2, 0) is 0 Å². The molecule has 0 aliphatic rings. The third-order valence-corrected chi connectivity index (χ3v) is 3.26. The summed E-state index contributed by atoms with van der Waals surface area (Å²) >= 11 is 11.8. The quantitative estimate of drug-likeness (QED) is 0.713. The highest BCUT2D eigenvalue weighted by molar-refractivity contribution is 6.42. The van der Waals surface area contributed by atoms with Crippen molar-refractivity contribution in [1.82, 2.24) is 15.2 Å². The predicted octanol–water partition coefficient (Wildman–Crippen LogP) is 4.11. The van der Waals surface area contributed by atoms with E-state index in [1.807, 2.05) is 0 Å². The highest BCUT2D eigenvalue weighted by atomic mass is 35.5. The molecule has 6 heteroatoms. The first-order valence-corrected chi connectivity index (χ1v) is 6.19. The molecule has 0 bridgehead atoms. The van der Waals surface area contributed by atoms with Crippen molar-refractivity contribution in [3.8, 4) is 22.9 Å². The molecule has 0 radical (unpaired) electrons. The van der Waals surface area contributed by atoms with Gasteiger partial charge >= 0.3 is 0 Å². The summed E-state index contributed by atoms with van der Waals surface area (Å²) < 4.78 is 5.60. The zero-order chi connectivity index (χ0) is 13.2. The molecule has 3 rings (SSSR count). The number of rotatable bonds is 2. The Bertz CT molecular complexity index is 713. The van der Waals surface area contributed by atoms with Crippen LogP contribution in [0.25, 0.3) is 22.9 Å². The minimum atomic E-state index is 0.394. The number of benzene rings is 1. The first-order valence-electron chi connectivity index (χ1n) is 5.43. The Labute approximate surface area is 119 Å². The van der Waals surface area contributed by atoms with E-state index < -0.39 is 0 Å². The van der Waals surface area contributed by atoms with Crippen LogP contribution in [0.1, 0.15) is 0 Å². The smallest absolute Gasteiger partial charge is 0.248 e. The van der Waals surface area contributed by atoms with Crippen LogP contribution in [0.4, 0.5) is 0 Å². The molecule has 0 atom stereocenters. The van der Waals surface area contributed by atoms with Crippen LogP contribution >= 0.6 is 23.2 Å². The molecule has 3 aromatic rings. The lowest BCUT2D eigenvalue weighted by Crippen LogP contribution is -1.78. The van der Waals surface area contributed by atoms with E-state index in [0.717, 1.165) is 11.1 Å². The molecule has 19 heavy (non-hydrogen) atoms. The van der Waals surface area contributed by atoms with Crippen molar-refractivity contribution in [2.45, 2.75) is 0 Å². The van der Waals surface area contributed by atoms with Gasteiger partial charge in [-0.1, -0.05) is 23.2 Å². The standard InChI is InChI=1S/C13H7Cl2N3O/c14-10-2-1-9(7-11(10)15)13-18-17-12(19-13)8-3-5-16-6-4-8/h1-7H. The van der Waals surface area contributed by atoms with Gasteiger partial charge < -0.3 is 4.42 Å². The average Bonchev–Trinajstić information content (AvgIpc) is 2.93. The first-order chi connectivity index (χ1) is 9.24. The second-order valence-electron chi connectivity index (χ2n) is 3.78. The number of hydrogen-bond acceptors (Lipinski definition) is 4. The summed E-state index contributed by atoms with van der Waals surface area (Å²) in [5.41, 5.74) is 1.54. The summed E-state index contributed by atoms with van der Waals surface area (Å²) in [5.74, 6) is 0.828. The van der Waals surface area contributed by atoms with Crippen molar-refractivity contribution >= 4 is 23.2 Å². The lowest BCUT2D eigenvalue weighted by atomic mass is 10.2. The van der Waals surface area contributed by atoms with Crippen molar-refractivity contribution in [1.29, 1.82) is 0 Å². The van der Waals surface area contributed by atoms with Crippen molar-refractivity contribution in [2.24, 2.45) is 0 Å². The molecular formula is C13H7Cl2N3O. The molecule has 0 saturated heterocycles. The van der Waals surface area contributed by atoms with Gasteiger partial charge in [0.1, 0.15) is 0 Å². The summed E-state index contributed by atoms with van der Waals surface area (Å²) in [5, 5.41) is 8.92. The van der Waals surface area contributed by atoms with Gasteiger partial charge in [0, 0.05) is 23.5 Å². The number of halogens is 2. The first kappa shape index (κ1) is 12.1. The predicted molar refractivity (Wildman–Crippen MR) is 73.0 cm³/mol. The summed E-state index contributed by atoms with van der Waals surface area (Å²) in [6.45, 7) is 0. The summed E-state index contributed by atoms with van der Waals surface area (Å²) in [6.07, 6.45) is 3.33. The Morgan fingerprint density at radius 1 is 0.789 bits per heavy atom. The molecule has 0 aliphatic heterocycles. The third-order valence-electron chi connectivity index (χ3n) is 2.52. The van der Waals surface area contributed by atoms with Gasteiger partial charge in [0.05, 0.1) is 10.0 Å². The summed E-state index contributed by atoms with van der Waals surface area (Å²) in [6, 6.07) is 8.75. The largest absolute Gasteiger partial charge is 0.416 e. The molecule has 0 spiro atoms. The highest BCUT2D eigenvalue weighted by Crippen LogP contribution is 2.29. The normalized spacial score (nSPS) is 10.6. The van der Waals surface area contributed by atoms with E-state index in [0.29, 0.717) is 21.8 Å². The van der Waals surface area contributed by atoms with Crippen molar-refractivity contribution in [3.05, 3.63) is 52.8 Å². The molecule has 2 aromatic heterocycles. The average molecular weight is 292 g/mol. The molecule has 0 amide bonds. The van der Waals surface area contributed by atoms with Crippen LogP contribution in [0.5, 0.6) is 0 Å². The van der Waals surface area contributed by atoms with E-state index in [2.05, 4.69) is 15.2 Å². The zero-order valence-electron chi connectivity index (χ0n) is 9.55. The van der Waals surface area contributed by atoms with Crippen LogP contribution in [0.3, 0.4) is 0 Å². The molecule has 0 fully saturated rings. The third kappa shape index (κ3) is 2.45. The molecular weight excluding hydrogens is 285 g/mol. The molecule has 1 aromatic carbocycles. The number of aromatic nitrogens is 3. The van der Waals surface area contributed by atoms with Gasteiger partial charge in [-0.2, -0.15) is 0 Å². The van der Waals surface area contributed by atoms with E-state index in [4.69, 9.17) is 27.6 Å². The number of hydrogen-bond donors (Lipinski definition) is 0.